The summed E-state index contributed by atoms with van der Waals surface area (Å²) < 4.78 is 4.84. The van der Waals surface area contributed by atoms with Crippen LogP contribution in [0.25, 0.3) is 11.4 Å². The van der Waals surface area contributed by atoms with E-state index in [4.69, 9.17) is 9.52 Å². The van der Waals surface area contributed by atoms with Crippen LogP contribution in [0.1, 0.15) is 10.5 Å². The number of carboxylic acids is 1. The minimum atomic E-state index is -1.07. The molecule has 2 aromatic rings. The zero-order valence-electron chi connectivity index (χ0n) is 7.04. The first-order chi connectivity index (χ1) is 6.77. The lowest BCUT2D eigenvalue weighted by molar-refractivity contribution is 0.0690. The lowest BCUT2D eigenvalue weighted by atomic mass is 10.3. The Hall–Kier alpha value is -2.17. The number of carbonyl (C=O) groups is 1. The third-order valence-corrected chi connectivity index (χ3v) is 1.65. The van der Waals surface area contributed by atoms with Crippen molar-refractivity contribution in [1.82, 2.24) is 9.97 Å². The molecule has 70 valence electrons. The minimum Gasteiger partial charge on any atom is -0.477 e. The molecule has 0 aromatic carbocycles. The van der Waals surface area contributed by atoms with Crippen molar-refractivity contribution in [2.75, 3.05) is 0 Å². The largest absolute Gasteiger partial charge is 0.477 e. The summed E-state index contributed by atoms with van der Waals surface area (Å²) in [7, 11) is 0. The molecule has 0 saturated heterocycles. The minimum absolute atomic E-state index is 0.0313. The molecule has 0 atom stereocenters. The van der Waals surface area contributed by atoms with Crippen molar-refractivity contribution in [3.63, 3.8) is 0 Å². The Morgan fingerprint density at radius 2 is 2.29 bits per heavy atom. The van der Waals surface area contributed by atoms with Gasteiger partial charge in [0.05, 0.1) is 11.8 Å². The number of hydrogen-bond donors (Lipinski definition) is 1. The van der Waals surface area contributed by atoms with E-state index in [1.54, 1.807) is 6.07 Å². The van der Waals surface area contributed by atoms with Crippen LogP contribution in [0, 0.1) is 0 Å². The maximum absolute atomic E-state index is 10.6. The topological polar surface area (TPSA) is 76.2 Å². The summed E-state index contributed by atoms with van der Waals surface area (Å²) in [5.41, 5.74) is 0.629. The zero-order valence-corrected chi connectivity index (χ0v) is 7.04. The summed E-state index contributed by atoms with van der Waals surface area (Å²) in [5, 5.41) is 8.69. The van der Waals surface area contributed by atoms with Crippen LogP contribution in [0.5, 0.6) is 0 Å². The van der Waals surface area contributed by atoms with Gasteiger partial charge in [-0.15, -0.1) is 0 Å². The molecule has 0 fully saturated rings. The summed E-state index contributed by atoms with van der Waals surface area (Å²) in [6.45, 7) is 0. The predicted molar refractivity (Wildman–Crippen MR) is 46.7 cm³/mol. The van der Waals surface area contributed by atoms with Crippen molar-refractivity contribution in [3.05, 3.63) is 36.5 Å². The molecule has 2 rings (SSSR count). The van der Waals surface area contributed by atoms with Crippen LogP contribution < -0.4 is 0 Å². The van der Waals surface area contributed by atoms with Crippen LogP contribution in [-0.4, -0.2) is 21.0 Å². The van der Waals surface area contributed by atoms with Crippen molar-refractivity contribution < 1.29 is 14.3 Å². The molecule has 0 saturated carbocycles. The van der Waals surface area contributed by atoms with Crippen molar-refractivity contribution in [1.29, 1.82) is 0 Å². The average molecular weight is 190 g/mol. The summed E-state index contributed by atoms with van der Waals surface area (Å²) in [4.78, 5) is 18.4. The van der Waals surface area contributed by atoms with E-state index in [1.807, 2.05) is 0 Å². The smallest absolute Gasteiger partial charge is 0.354 e. The van der Waals surface area contributed by atoms with E-state index in [-0.39, 0.29) is 5.69 Å². The molecule has 2 aromatic heterocycles. The normalized spacial score (nSPS) is 10.0. The van der Waals surface area contributed by atoms with Gasteiger partial charge in [-0.3, -0.25) is 0 Å². The third kappa shape index (κ3) is 1.47. The average Bonchev–Trinajstić information content (AvgIpc) is 2.71. The van der Waals surface area contributed by atoms with Gasteiger partial charge in [0.1, 0.15) is 6.26 Å². The maximum Gasteiger partial charge on any atom is 0.354 e. The van der Waals surface area contributed by atoms with Gasteiger partial charge in [-0.2, -0.15) is 0 Å². The summed E-state index contributed by atoms with van der Waals surface area (Å²) in [6, 6.07) is 3.01. The fourth-order valence-corrected chi connectivity index (χ4v) is 1.01. The Labute approximate surface area is 79.0 Å². The predicted octanol–water partition coefficient (Wildman–Crippen LogP) is 1.43. The quantitative estimate of drug-likeness (QED) is 0.775. The second kappa shape index (κ2) is 3.29. The van der Waals surface area contributed by atoms with Crippen LogP contribution >= 0.6 is 0 Å². The molecule has 0 radical (unpaired) electrons. The van der Waals surface area contributed by atoms with E-state index in [0.717, 1.165) is 0 Å². The van der Waals surface area contributed by atoms with Gasteiger partial charge in [0.25, 0.3) is 0 Å². The van der Waals surface area contributed by atoms with Crippen LogP contribution in [0.2, 0.25) is 0 Å². The van der Waals surface area contributed by atoms with Crippen LogP contribution in [0.4, 0.5) is 0 Å². The molecule has 5 heteroatoms. The number of rotatable bonds is 2. The molecule has 0 bridgehead atoms. The van der Waals surface area contributed by atoms with E-state index >= 15 is 0 Å². The Kier molecular flexibility index (Phi) is 1.98. The Morgan fingerprint density at radius 1 is 1.43 bits per heavy atom. The highest BCUT2D eigenvalue weighted by molar-refractivity contribution is 5.85. The molecule has 1 N–H and O–H groups in total. The van der Waals surface area contributed by atoms with Crippen molar-refractivity contribution in [2.45, 2.75) is 0 Å². The van der Waals surface area contributed by atoms with Gasteiger partial charge in [-0.05, 0) is 12.1 Å². The molecule has 0 aliphatic heterocycles. The number of aromatic nitrogens is 2. The summed E-state index contributed by atoms with van der Waals surface area (Å²) in [5.74, 6) is -0.726. The second-order valence-electron chi connectivity index (χ2n) is 2.58. The van der Waals surface area contributed by atoms with E-state index in [2.05, 4.69) is 9.97 Å². The molecule has 14 heavy (non-hydrogen) atoms. The highest BCUT2D eigenvalue weighted by atomic mass is 16.4. The third-order valence-electron chi connectivity index (χ3n) is 1.65. The zero-order chi connectivity index (χ0) is 9.97. The molecular formula is C9H6N2O3. The lowest BCUT2D eigenvalue weighted by Crippen LogP contribution is -2.01. The van der Waals surface area contributed by atoms with Gasteiger partial charge in [0.15, 0.2) is 11.5 Å². The number of carboxylic acid groups (broad SMARTS) is 1. The Bertz CT molecular complexity index is 451. The summed E-state index contributed by atoms with van der Waals surface area (Å²) >= 11 is 0. The van der Waals surface area contributed by atoms with Gasteiger partial charge >= 0.3 is 5.97 Å². The first kappa shape index (κ1) is 8.43. The first-order valence-corrected chi connectivity index (χ1v) is 3.86. The van der Waals surface area contributed by atoms with Gasteiger partial charge in [-0.25, -0.2) is 14.8 Å². The van der Waals surface area contributed by atoms with Gasteiger partial charge in [-0.1, -0.05) is 0 Å². The molecule has 0 aliphatic rings. The van der Waals surface area contributed by atoms with Crippen LogP contribution in [0.15, 0.2) is 35.3 Å². The Balaban J connectivity index is 2.46. The highest BCUT2D eigenvalue weighted by Crippen LogP contribution is 2.14. The molecule has 2 heterocycles. The van der Waals surface area contributed by atoms with E-state index in [0.29, 0.717) is 11.4 Å². The van der Waals surface area contributed by atoms with Crippen molar-refractivity contribution >= 4 is 5.97 Å². The van der Waals surface area contributed by atoms with Crippen molar-refractivity contribution in [3.8, 4) is 11.4 Å². The monoisotopic (exact) mass is 190 g/mol. The van der Waals surface area contributed by atoms with Crippen LogP contribution in [0.3, 0.4) is 0 Å². The van der Waals surface area contributed by atoms with Crippen LogP contribution in [-0.2, 0) is 0 Å². The lowest BCUT2D eigenvalue weighted by Gasteiger charge is -1.96. The molecule has 0 aliphatic carbocycles. The molecule has 0 amide bonds. The molecular weight excluding hydrogens is 184 g/mol. The Morgan fingerprint density at radius 3 is 2.93 bits per heavy atom. The van der Waals surface area contributed by atoms with E-state index < -0.39 is 5.97 Å². The van der Waals surface area contributed by atoms with E-state index in [9.17, 15) is 4.79 Å². The number of nitrogens with zero attached hydrogens (tertiary/aromatic N) is 2. The van der Waals surface area contributed by atoms with Gasteiger partial charge in [0, 0.05) is 6.20 Å². The first-order valence-electron chi connectivity index (χ1n) is 3.86. The van der Waals surface area contributed by atoms with Gasteiger partial charge in [0.2, 0.25) is 0 Å². The fraction of sp³-hybridized carbons (Fsp3) is 0. The molecule has 0 unspecified atom stereocenters. The van der Waals surface area contributed by atoms with Crippen molar-refractivity contribution in [2.24, 2.45) is 0 Å². The maximum atomic E-state index is 10.6. The fourth-order valence-electron chi connectivity index (χ4n) is 1.01. The molecule has 0 spiro atoms. The number of aromatic carboxylic acids is 1. The highest BCUT2D eigenvalue weighted by Gasteiger charge is 2.07. The summed E-state index contributed by atoms with van der Waals surface area (Å²) in [6.07, 6.45) is 4.34. The standard InChI is InChI=1S/C9H6N2O3/c12-9(13)7-1-3-10-8(11-7)6-2-4-14-5-6/h1-5H,(H,12,13). The number of hydrogen-bond acceptors (Lipinski definition) is 4. The molecule has 5 nitrogen and oxygen atoms in total. The van der Waals surface area contributed by atoms with E-state index in [1.165, 1.54) is 24.8 Å². The second-order valence-corrected chi connectivity index (χ2v) is 2.58. The van der Waals surface area contributed by atoms with Gasteiger partial charge < -0.3 is 9.52 Å². The number of furan rings is 1. The SMILES string of the molecule is O=C(O)c1ccnc(-c2ccoc2)n1.